The van der Waals surface area contributed by atoms with Crippen molar-refractivity contribution in [3.63, 3.8) is 0 Å². The molecule has 5 nitrogen and oxygen atoms in total. The number of fused-ring (bicyclic) bond motifs is 1. The largest absolute Gasteiger partial charge is 0.395 e. The third kappa shape index (κ3) is 3.75. The summed E-state index contributed by atoms with van der Waals surface area (Å²) in [7, 11) is -3.04. The molecule has 1 aliphatic heterocycles. The average Bonchev–Trinajstić information content (AvgIpc) is 3.06. The second-order valence-electron chi connectivity index (χ2n) is 6.61. The summed E-state index contributed by atoms with van der Waals surface area (Å²) >= 11 is 0. The number of amides is 1. The first-order chi connectivity index (χ1) is 11.0. The van der Waals surface area contributed by atoms with Crippen LogP contribution in [0.2, 0.25) is 0 Å². The van der Waals surface area contributed by atoms with E-state index in [1.807, 2.05) is 12.1 Å². The minimum absolute atomic E-state index is 0.0287. The molecule has 2 aliphatic rings. The normalized spacial score (nSPS) is 22.9. The van der Waals surface area contributed by atoms with E-state index in [0.717, 1.165) is 12.8 Å². The van der Waals surface area contributed by atoms with Crippen molar-refractivity contribution < 1.29 is 18.3 Å². The van der Waals surface area contributed by atoms with Crippen molar-refractivity contribution in [3.8, 4) is 0 Å². The smallest absolute Gasteiger partial charge is 0.223 e. The van der Waals surface area contributed by atoms with Gasteiger partial charge in [0.1, 0.15) is 0 Å². The molecule has 126 valence electrons. The van der Waals surface area contributed by atoms with Gasteiger partial charge in [-0.3, -0.25) is 4.79 Å². The van der Waals surface area contributed by atoms with Crippen LogP contribution in [0, 0.1) is 5.92 Å². The molecule has 0 unspecified atom stereocenters. The summed E-state index contributed by atoms with van der Waals surface area (Å²) in [5.41, 5.74) is 2.62. The molecule has 3 rings (SSSR count). The second-order valence-corrected chi connectivity index (χ2v) is 8.84. The zero-order valence-electron chi connectivity index (χ0n) is 13.1. The van der Waals surface area contributed by atoms with E-state index in [-0.39, 0.29) is 42.5 Å². The van der Waals surface area contributed by atoms with E-state index < -0.39 is 9.84 Å². The molecule has 1 heterocycles. The van der Waals surface area contributed by atoms with Gasteiger partial charge in [0.2, 0.25) is 5.91 Å². The van der Waals surface area contributed by atoms with E-state index in [1.54, 1.807) is 4.90 Å². The summed E-state index contributed by atoms with van der Waals surface area (Å²) in [6.07, 6.45) is 2.71. The minimum atomic E-state index is -3.04. The third-order valence-corrected chi connectivity index (χ3v) is 6.66. The SMILES string of the molecule is O=C(CC1Cc2ccccc2C1)N(CCO)[C@@H]1CCS(=O)(=O)C1. The number of hydrogen-bond acceptors (Lipinski definition) is 4. The zero-order chi connectivity index (χ0) is 16.4. The molecule has 0 saturated carbocycles. The maximum absolute atomic E-state index is 12.7. The molecule has 0 aromatic heterocycles. The van der Waals surface area contributed by atoms with Crippen LogP contribution in [-0.2, 0) is 27.5 Å². The van der Waals surface area contributed by atoms with Crippen LogP contribution in [0.5, 0.6) is 0 Å². The van der Waals surface area contributed by atoms with Gasteiger partial charge in [0.15, 0.2) is 9.84 Å². The van der Waals surface area contributed by atoms with Crippen LogP contribution in [0.4, 0.5) is 0 Å². The Kier molecular flexibility index (Phi) is 4.73. The Morgan fingerprint density at radius 3 is 2.39 bits per heavy atom. The molecule has 1 aromatic rings. The molecule has 0 radical (unpaired) electrons. The van der Waals surface area contributed by atoms with Crippen LogP contribution in [0.15, 0.2) is 24.3 Å². The molecule has 1 aliphatic carbocycles. The van der Waals surface area contributed by atoms with Crippen LogP contribution in [0.1, 0.15) is 24.0 Å². The van der Waals surface area contributed by atoms with Gasteiger partial charge in [0, 0.05) is 19.0 Å². The van der Waals surface area contributed by atoms with Gasteiger partial charge in [0.25, 0.3) is 0 Å². The fraction of sp³-hybridized carbons (Fsp3) is 0.588. The van der Waals surface area contributed by atoms with E-state index >= 15 is 0 Å². The molecule has 1 saturated heterocycles. The maximum Gasteiger partial charge on any atom is 0.223 e. The molecule has 1 N–H and O–H groups in total. The molecule has 6 heteroatoms. The van der Waals surface area contributed by atoms with Gasteiger partial charge in [0.05, 0.1) is 18.1 Å². The molecule has 0 spiro atoms. The van der Waals surface area contributed by atoms with Crippen molar-refractivity contribution in [2.45, 2.75) is 31.7 Å². The molecule has 1 amide bonds. The second kappa shape index (κ2) is 6.61. The first-order valence-electron chi connectivity index (χ1n) is 8.16. The molecule has 1 atom stereocenters. The molecular weight excluding hydrogens is 314 g/mol. The maximum atomic E-state index is 12.7. The van der Waals surface area contributed by atoms with Gasteiger partial charge < -0.3 is 10.0 Å². The van der Waals surface area contributed by atoms with Crippen LogP contribution >= 0.6 is 0 Å². The highest BCUT2D eigenvalue weighted by atomic mass is 32.2. The van der Waals surface area contributed by atoms with Crippen LogP contribution in [-0.4, -0.2) is 55.0 Å². The molecular formula is C17H23NO4S. The van der Waals surface area contributed by atoms with Gasteiger partial charge in [-0.15, -0.1) is 0 Å². The predicted molar refractivity (Wildman–Crippen MR) is 87.8 cm³/mol. The molecule has 1 aromatic carbocycles. The Bertz CT molecular complexity index is 661. The third-order valence-electron chi connectivity index (χ3n) is 4.91. The lowest BCUT2D eigenvalue weighted by Gasteiger charge is -2.28. The van der Waals surface area contributed by atoms with Gasteiger partial charge >= 0.3 is 0 Å². The Morgan fingerprint density at radius 1 is 1.22 bits per heavy atom. The Morgan fingerprint density at radius 2 is 1.87 bits per heavy atom. The summed E-state index contributed by atoms with van der Waals surface area (Å²) in [6, 6.07) is 7.97. The van der Waals surface area contributed by atoms with Gasteiger partial charge in [-0.2, -0.15) is 0 Å². The molecule has 1 fully saturated rings. The first kappa shape index (κ1) is 16.5. The van der Waals surface area contributed by atoms with Crippen molar-refractivity contribution in [2.75, 3.05) is 24.7 Å². The van der Waals surface area contributed by atoms with Crippen molar-refractivity contribution >= 4 is 15.7 Å². The van der Waals surface area contributed by atoms with Crippen molar-refractivity contribution in [1.82, 2.24) is 4.90 Å². The fourth-order valence-electron chi connectivity index (χ4n) is 3.80. The standard InChI is InChI=1S/C17H23NO4S/c19-7-6-18(16-5-8-23(21,22)12-16)17(20)11-13-9-14-3-1-2-4-15(14)10-13/h1-4,13,16,19H,5-12H2/t16-/m1/s1. The van der Waals surface area contributed by atoms with E-state index in [9.17, 15) is 18.3 Å². The minimum Gasteiger partial charge on any atom is -0.395 e. The first-order valence-corrected chi connectivity index (χ1v) is 9.98. The predicted octanol–water partition coefficient (Wildman–Crippen LogP) is 0.800. The van der Waals surface area contributed by atoms with Crippen LogP contribution in [0.3, 0.4) is 0 Å². The number of benzene rings is 1. The van der Waals surface area contributed by atoms with E-state index in [2.05, 4.69) is 12.1 Å². The summed E-state index contributed by atoms with van der Waals surface area (Å²) < 4.78 is 23.3. The summed E-state index contributed by atoms with van der Waals surface area (Å²) in [6.45, 7) is 0.0892. The monoisotopic (exact) mass is 337 g/mol. The quantitative estimate of drug-likeness (QED) is 0.862. The number of hydrogen-bond donors (Lipinski definition) is 1. The Labute approximate surface area is 137 Å². The number of carbonyl (C=O) groups excluding carboxylic acids is 1. The van der Waals surface area contributed by atoms with Crippen molar-refractivity contribution in [3.05, 3.63) is 35.4 Å². The highest BCUT2D eigenvalue weighted by Crippen LogP contribution is 2.29. The van der Waals surface area contributed by atoms with Gasteiger partial charge in [-0.25, -0.2) is 8.42 Å². The summed E-state index contributed by atoms with van der Waals surface area (Å²) in [5, 5.41) is 9.24. The number of rotatable bonds is 5. The zero-order valence-corrected chi connectivity index (χ0v) is 14.0. The molecule has 0 bridgehead atoms. The van der Waals surface area contributed by atoms with Crippen LogP contribution < -0.4 is 0 Å². The van der Waals surface area contributed by atoms with E-state index in [4.69, 9.17) is 0 Å². The number of aliphatic hydroxyl groups excluding tert-OH is 1. The van der Waals surface area contributed by atoms with E-state index in [1.165, 1.54) is 11.1 Å². The summed E-state index contributed by atoms with van der Waals surface area (Å²) in [4.78, 5) is 14.2. The van der Waals surface area contributed by atoms with Crippen molar-refractivity contribution in [1.29, 1.82) is 0 Å². The van der Waals surface area contributed by atoms with Gasteiger partial charge in [-0.05, 0) is 36.3 Å². The Hall–Kier alpha value is -1.40. The number of sulfone groups is 1. The number of nitrogens with zero attached hydrogens (tertiary/aromatic N) is 1. The fourth-order valence-corrected chi connectivity index (χ4v) is 5.53. The van der Waals surface area contributed by atoms with E-state index in [0.29, 0.717) is 12.8 Å². The van der Waals surface area contributed by atoms with Crippen LogP contribution in [0.25, 0.3) is 0 Å². The lowest BCUT2D eigenvalue weighted by atomic mass is 10.0. The highest BCUT2D eigenvalue weighted by molar-refractivity contribution is 7.91. The van der Waals surface area contributed by atoms with Gasteiger partial charge in [-0.1, -0.05) is 24.3 Å². The topological polar surface area (TPSA) is 74.7 Å². The molecule has 23 heavy (non-hydrogen) atoms. The summed E-state index contributed by atoms with van der Waals surface area (Å²) in [5.74, 6) is 0.420. The Balaban J connectivity index is 1.64. The number of carbonyl (C=O) groups is 1. The lowest BCUT2D eigenvalue weighted by molar-refractivity contribution is -0.134. The highest BCUT2D eigenvalue weighted by Gasteiger charge is 2.35. The number of aliphatic hydroxyl groups is 1. The van der Waals surface area contributed by atoms with Crippen molar-refractivity contribution in [2.24, 2.45) is 5.92 Å². The average molecular weight is 337 g/mol. The lowest BCUT2D eigenvalue weighted by Crippen LogP contribution is -2.43.